The summed E-state index contributed by atoms with van der Waals surface area (Å²) in [6.07, 6.45) is 1.40. The molecular formula is C13H11N3O2S. The predicted molar refractivity (Wildman–Crippen MR) is 73.6 cm³/mol. The van der Waals surface area contributed by atoms with Crippen LogP contribution in [0.1, 0.15) is 21.7 Å². The van der Waals surface area contributed by atoms with Crippen molar-refractivity contribution in [2.75, 3.05) is 5.32 Å². The Morgan fingerprint density at radius 1 is 1.37 bits per heavy atom. The average Bonchev–Trinajstić information content (AvgIpc) is 2.94. The van der Waals surface area contributed by atoms with Crippen LogP contribution in [0.25, 0.3) is 10.2 Å². The second-order valence-corrected chi connectivity index (χ2v) is 5.27. The number of carbonyl (C=O) groups excluding carboxylic acids is 1. The smallest absolute Gasteiger partial charge is 0.262 e. The van der Waals surface area contributed by atoms with Gasteiger partial charge in [-0.15, -0.1) is 0 Å². The van der Waals surface area contributed by atoms with Crippen LogP contribution in [-0.4, -0.2) is 16.0 Å². The third-order valence-corrected chi connectivity index (χ3v) is 3.69. The van der Waals surface area contributed by atoms with E-state index < -0.39 is 0 Å². The lowest BCUT2D eigenvalue weighted by molar-refractivity contribution is 0.102. The molecular weight excluding hydrogens is 262 g/mol. The number of aromatic nitrogens is 2. The minimum absolute atomic E-state index is 0.255. The minimum atomic E-state index is -0.255. The SMILES string of the molecule is Cc1ccc2nc(NC(=O)c3cnoc3C)sc2c1. The second-order valence-electron chi connectivity index (χ2n) is 4.24. The van der Waals surface area contributed by atoms with Crippen molar-refractivity contribution in [2.24, 2.45) is 0 Å². The Morgan fingerprint density at radius 2 is 2.21 bits per heavy atom. The lowest BCUT2D eigenvalue weighted by Gasteiger charge is -1.97. The zero-order chi connectivity index (χ0) is 13.4. The summed E-state index contributed by atoms with van der Waals surface area (Å²) in [5.74, 6) is 0.240. The van der Waals surface area contributed by atoms with Gasteiger partial charge in [-0.3, -0.25) is 10.1 Å². The lowest BCUT2D eigenvalue weighted by Crippen LogP contribution is -2.11. The number of rotatable bonds is 2. The second kappa shape index (κ2) is 4.47. The van der Waals surface area contributed by atoms with E-state index in [2.05, 4.69) is 15.5 Å². The quantitative estimate of drug-likeness (QED) is 0.778. The van der Waals surface area contributed by atoms with Crippen LogP contribution in [0.2, 0.25) is 0 Å². The van der Waals surface area contributed by atoms with Crippen LogP contribution in [0.4, 0.5) is 5.13 Å². The molecule has 19 heavy (non-hydrogen) atoms. The molecule has 96 valence electrons. The molecule has 0 spiro atoms. The van der Waals surface area contributed by atoms with E-state index in [1.54, 1.807) is 6.92 Å². The lowest BCUT2D eigenvalue weighted by atomic mass is 10.2. The number of hydrogen-bond acceptors (Lipinski definition) is 5. The predicted octanol–water partition coefficient (Wildman–Crippen LogP) is 3.15. The molecule has 0 fully saturated rings. The molecule has 0 unspecified atom stereocenters. The van der Waals surface area contributed by atoms with Gasteiger partial charge in [-0.2, -0.15) is 0 Å². The Balaban J connectivity index is 1.89. The van der Waals surface area contributed by atoms with Crippen molar-refractivity contribution in [1.29, 1.82) is 0 Å². The Labute approximate surface area is 113 Å². The van der Waals surface area contributed by atoms with Gasteiger partial charge in [0.05, 0.1) is 16.4 Å². The number of benzene rings is 1. The van der Waals surface area contributed by atoms with Crippen molar-refractivity contribution in [3.8, 4) is 0 Å². The Bertz CT molecular complexity index is 760. The molecule has 3 rings (SSSR count). The van der Waals surface area contributed by atoms with Crippen molar-refractivity contribution >= 4 is 32.6 Å². The van der Waals surface area contributed by atoms with Gasteiger partial charge in [0.1, 0.15) is 11.3 Å². The number of thiazole rings is 1. The molecule has 6 heteroatoms. The fourth-order valence-electron chi connectivity index (χ4n) is 1.77. The van der Waals surface area contributed by atoms with Crippen LogP contribution in [-0.2, 0) is 0 Å². The summed E-state index contributed by atoms with van der Waals surface area (Å²) in [6, 6.07) is 5.99. The van der Waals surface area contributed by atoms with Crippen LogP contribution in [0, 0.1) is 13.8 Å². The highest BCUT2D eigenvalue weighted by Gasteiger charge is 2.14. The molecule has 0 atom stereocenters. The Hall–Kier alpha value is -2.21. The number of anilines is 1. The third kappa shape index (κ3) is 2.22. The largest absolute Gasteiger partial charge is 0.361 e. The fraction of sp³-hybridized carbons (Fsp3) is 0.154. The van der Waals surface area contributed by atoms with Crippen LogP contribution in [0.15, 0.2) is 28.9 Å². The van der Waals surface area contributed by atoms with Crippen LogP contribution in [0.3, 0.4) is 0 Å². The molecule has 0 saturated heterocycles. The zero-order valence-corrected chi connectivity index (χ0v) is 11.2. The number of fused-ring (bicyclic) bond motifs is 1. The summed E-state index contributed by atoms with van der Waals surface area (Å²) >= 11 is 1.45. The van der Waals surface area contributed by atoms with Gasteiger partial charge in [-0.1, -0.05) is 22.6 Å². The van der Waals surface area contributed by atoms with Gasteiger partial charge in [0.2, 0.25) is 0 Å². The number of aryl methyl sites for hydroxylation is 2. The summed E-state index contributed by atoms with van der Waals surface area (Å²) in [5.41, 5.74) is 2.48. The highest BCUT2D eigenvalue weighted by Crippen LogP contribution is 2.27. The molecule has 0 aliphatic heterocycles. The van der Waals surface area contributed by atoms with Gasteiger partial charge in [0, 0.05) is 0 Å². The topological polar surface area (TPSA) is 68.0 Å². The van der Waals surface area contributed by atoms with Crippen molar-refractivity contribution in [1.82, 2.24) is 10.1 Å². The highest BCUT2D eigenvalue weighted by molar-refractivity contribution is 7.22. The first kappa shape index (κ1) is 11.9. The molecule has 0 radical (unpaired) electrons. The molecule has 1 N–H and O–H groups in total. The van der Waals surface area contributed by atoms with Crippen molar-refractivity contribution in [3.63, 3.8) is 0 Å². The van der Waals surface area contributed by atoms with Crippen LogP contribution in [0.5, 0.6) is 0 Å². The molecule has 1 amide bonds. The molecule has 0 aliphatic rings. The first-order valence-corrected chi connectivity index (χ1v) is 6.55. The van der Waals surface area contributed by atoms with Gasteiger partial charge >= 0.3 is 0 Å². The standard InChI is InChI=1S/C13H11N3O2S/c1-7-3-4-10-11(5-7)19-13(15-10)16-12(17)9-6-14-18-8(9)2/h3-6H,1-2H3,(H,15,16,17). The van der Waals surface area contributed by atoms with Crippen LogP contribution < -0.4 is 5.32 Å². The number of carbonyl (C=O) groups is 1. The van der Waals surface area contributed by atoms with E-state index in [9.17, 15) is 4.79 Å². The monoisotopic (exact) mass is 273 g/mol. The number of nitrogens with zero attached hydrogens (tertiary/aromatic N) is 2. The van der Waals surface area contributed by atoms with Gasteiger partial charge in [-0.25, -0.2) is 4.98 Å². The van der Waals surface area contributed by atoms with Crippen molar-refractivity contribution in [2.45, 2.75) is 13.8 Å². The third-order valence-electron chi connectivity index (χ3n) is 2.76. The Kier molecular flexibility index (Phi) is 2.79. The molecule has 3 aromatic rings. The first-order chi connectivity index (χ1) is 9.13. The van der Waals surface area contributed by atoms with E-state index in [4.69, 9.17) is 4.52 Å². The first-order valence-electron chi connectivity index (χ1n) is 5.73. The summed E-state index contributed by atoms with van der Waals surface area (Å²) in [4.78, 5) is 16.4. The molecule has 0 saturated carbocycles. The van der Waals surface area contributed by atoms with Gasteiger partial charge in [-0.05, 0) is 31.5 Å². The summed E-state index contributed by atoms with van der Waals surface area (Å²) in [5, 5.41) is 6.92. The molecule has 2 heterocycles. The number of nitrogens with one attached hydrogen (secondary N) is 1. The molecule has 0 bridgehead atoms. The van der Waals surface area contributed by atoms with Gasteiger partial charge in [0.15, 0.2) is 5.13 Å². The summed E-state index contributed by atoms with van der Waals surface area (Å²) in [7, 11) is 0. The molecule has 2 aromatic heterocycles. The maximum atomic E-state index is 12.0. The van der Waals surface area contributed by atoms with Gasteiger partial charge in [0.25, 0.3) is 5.91 Å². The molecule has 1 aromatic carbocycles. The van der Waals surface area contributed by atoms with Gasteiger partial charge < -0.3 is 4.52 Å². The Morgan fingerprint density at radius 3 is 2.95 bits per heavy atom. The van der Waals surface area contributed by atoms with E-state index in [1.165, 1.54) is 23.1 Å². The summed E-state index contributed by atoms with van der Waals surface area (Å²) in [6.45, 7) is 3.72. The van der Waals surface area contributed by atoms with E-state index in [0.29, 0.717) is 16.5 Å². The van der Waals surface area contributed by atoms with Crippen molar-refractivity contribution in [3.05, 3.63) is 41.3 Å². The average molecular weight is 273 g/mol. The fourth-order valence-corrected chi connectivity index (χ4v) is 2.73. The van der Waals surface area contributed by atoms with E-state index in [1.807, 2.05) is 25.1 Å². The minimum Gasteiger partial charge on any atom is -0.361 e. The van der Waals surface area contributed by atoms with Crippen LogP contribution >= 0.6 is 11.3 Å². The maximum Gasteiger partial charge on any atom is 0.262 e. The van der Waals surface area contributed by atoms with E-state index in [0.717, 1.165) is 10.2 Å². The maximum absolute atomic E-state index is 12.0. The zero-order valence-electron chi connectivity index (χ0n) is 10.4. The number of hydrogen-bond donors (Lipinski definition) is 1. The normalized spacial score (nSPS) is 10.8. The molecule has 0 aliphatic carbocycles. The molecule has 5 nitrogen and oxygen atoms in total. The highest BCUT2D eigenvalue weighted by atomic mass is 32.1. The number of amides is 1. The summed E-state index contributed by atoms with van der Waals surface area (Å²) < 4.78 is 5.92. The van der Waals surface area contributed by atoms with Crippen molar-refractivity contribution < 1.29 is 9.32 Å². The van der Waals surface area contributed by atoms with E-state index in [-0.39, 0.29) is 5.91 Å². The van der Waals surface area contributed by atoms with E-state index >= 15 is 0 Å².